The first-order valence-corrected chi connectivity index (χ1v) is 9.34. The number of benzene rings is 1. The molecule has 0 saturated carbocycles. The second-order valence-corrected chi connectivity index (χ2v) is 7.22. The van der Waals surface area contributed by atoms with Gasteiger partial charge in [-0.3, -0.25) is 10.1 Å². The van der Waals surface area contributed by atoms with Crippen molar-refractivity contribution in [2.45, 2.75) is 25.3 Å². The summed E-state index contributed by atoms with van der Waals surface area (Å²) >= 11 is 3.42. The predicted molar refractivity (Wildman–Crippen MR) is 101 cm³/mol. The van der Waals surface area contributed by atoms with Crippen molar-refractivity contribution < 1.29 is 9.45 Å². The maximum Gasteiger partial charge on any atom is 0.311 e. The van der Waals surface area contributed by atoms with Crippen molar-refractivity contribution in [2.75, 3.05) is 11.4 Å². The van der Waals surface area contributed by atoms with Crippen LogP contribution < -0.4 is 4.90 Å². The molecule has 27 heavy (non-hydrogen) atoms. The van der Waals surface area contributed by atoms with Gasteiger partial charge in [-0.2, -0.15) is 4.98 Å². The second kappa shape index (κ2) is 7.43. The van der Waals surface area contributed by atoms with Crippen LogP contribution in [0.1, 0.15) is 36.2 Å². The maximum atomic E-state index is 11.3. The van der Waals surface area contributed by atoms with E-state index in [1.165, 1.54) is 6.07 Å². The van der Waals surface area contributed by atoms with E-state index < -0.39 is 4.92 Å². The van der Waals surface area contributed by atoms with E-state index in [9.17, 15) is 10.1 Å². The average molecular weight is 430 g/mol. The molecule has 9 heteroatoms. The SMILES string of the molecule is O=[N+]([O-])c1cccnc1N1CCC[C@@H]1c1nc(Cc2ccc(Br)cc2)no1. The third-order valence-electron chi connectivity index (χ3n) is 4.53. The van der Waals surface area contributed by atoms with Crippen LogP contribution in [0.2, 0.25) is 0 Å². The van der Waals surface area contributed by atoms with Crippen LogP contribution in [0, 0.1) is 10.1 Å². The van der Waals surface area contributed by atoms with Crippen molar-refractivity contribution in [3.63, 3.8) is 0 Å². The van der Waals surface area contributed by atoms with Crippen LogP contribution in [0.25, 0.3) is 0 Å². The molecule has 1 aliphatic heterocycles. The molecule has 1 aliphatic rings. The molecule has 0 unspecified atom stereocenters. The summed E-state index contributed by atoms with van der Waals surface area (Å²) in [7, 11) is 0. The van der Waals surface area contributed by atoms with Gasteiger partial charge < -0.3 is 9.42 Å². The van der Waals surface area contributed by atoms with E-state index >= 15 is 0 Å². The molecule has 0 bridgehead atoms. The van der Waals surface area contributed by atoms with Crippen LogP contribution in [0.4, 0.5) is 11.5 Å². The molecule has 1 aromatic carbocycles. The van der Waals surface area contributed by atoms with Crippen molar-refractivity contribution in [2.24, 2.45) is 0 Å². The van der Waals surface area contributed by atoms with Crippen LogP contribution in [-0.4, -0.2) is 26.6 Å². The van der Waals surface area contributed by atoms with E-state index in [0.29, 0.717) is 30.5 Å². The smallest absolute Gasteiger partial charge is 0.311 e. The lowest BCUT2D eigenvalue weighted by molar-refractivity contribution is -0.384. The fourth-order valence-electron chi connectivity index (χ4n) is 3.29. The summed E-state index contributed by atoms with van der Waals surface area (Å²) in [6, 6.07) is 10.8. The summed E-state index contributed by atoms with van der Waals surface area (Å²) in [5.74, 6) is 1.41. The Morgan fingerprint density at radius 1 is 1.30 bits per heavy atom. The molecule has 4 rings (SSSR count). The minimum Gasteiger partial charge on any atom is -0.339 e. The maximum absolute atomic E-state index is 11.3. The first kappa shape index (κ1) is 17.6. The highest BCUT2D eigenvalue weighted by molar-refractivity contribution is 9.10. The normalized spacial score (nSPS) is 16.6. The van der Waals surface area contributed by atoms with E-state index in [-0.39, 0.29) is 11.7 Å². The number of rotatable bonds is 5. The van der Waals surface area contributed by atoms with Crippen LogP contribution in [0.3, 0.4) is 0 Å². The summed E-state index contributed by atoms with van der Waals surface area (Å²) in [5, 5.41) is 15.4. The number of hydrogen-bond donors (Lipinski definition) is 0. The van der Waals surface area contributed by atoms with E-state index in [4.69, 9.17) is 4.52 Å². The van der Waals surface area contributed by atoms with Crippen molar-refractivity contribution in [3.05, 3.63) is 74.5 Å². The van der Waals surface area contributed by atoms with E-state index in [1.807, 2.05) is 29.2 Å². The van der Waals surface area contributed by atoms with Gasteiger partial charge in [0.05, 0.1) is 4.92 Å². The number of aromatic nitrogens is 3. The summed E-state index contributed by atoms with van der Waals surface area (Å²) < 4.78 is 6.50. The molecule has 1 atom stereocenters. The summed E-state index contributed by atoms with van der Waals surface area (Å²) in [6.45, 7) is 0.660. The van der Waals surface area contributed by atoms with Crippen LogP contribution in [0.5, 0.6) is 0 Å². The number of anilines is 1. The van der Waals surface area contributed by atoms with Gasteiger partial charge in [0.25, 0.3) is 0 Å². The third kappa shape index (κ3) is 3.68. The molecule has 1 fully saturated rings. The highest BCUT2D eigenvalue weighted by Crippen LogP contribution is 2.38. The summed E-state index contributed by atoms with van der Waals surface area (Å²) in [4.78, 5) is 21.6. The predicted octanol–water partition coefficient (Wildman–Crippen LogP) is 4.07. The third-order valence-corrected chi connectivity index (χ3v) is 5.06. The number of pyridine rings is 1. The first-order valence-electron chi connectivity index (χ1n) is 8.55. The molecule has 3 aromatic rings. The number of nitro groups is 1. The van der Waals surface area contributed by atoms with Gasteiger partial charge >= 0.3 is 5.69 Å². The molecule has 138 valence electrons. The van der Waals surface area contributed by atoms with Crippen molar-refractivity contribution in [3.8, 4) is 0 Å². The fourth-order valence-corrected chi connectivity index (χ4v) is 3.55. The Hall–Kier alpha value is -2.81. The molecule has 0 amide bonds. The summed E-state index contributed by atoms with van der Waals surface area (Å²) in [5.41, 5.74) is 1.06. The summed E-state index contributed by atoms with van der Waals surface area (Å²) in [6.07, 6.45) is 3.79. The average Bonchev–Trinajstić information content (AvgIpc) is 3.32. The first-order chi connectivity index (χ1) is 13.1. The van der Waals surface area contributed by atoms with E-state index in [2.05, 4.69) is 31.1 Å². The Morgan fingerprint density at radius 2 is 2.11 bits per heavy atom. The Labute approximate surface area is 163 Å². The zero-order valence-electron chi connectivity index (χ0n) is 14.3. The Balaban J connectivity index is 1.57. The minimum atomic E-state index is -0.412. The van der Waals surface area contributed by atoms with E-state index in [1.54, 1.807) is 12.3 Å². The molecular formula is C18H16BrN5O3. The zero-order chi connectivity index (χ0) is 18.8. The molecular weight excluding hydrogens is 414 g/mol. The van der Waals surface area contributed by atoms with Gasteiger partial charge in [0.2, 0.25) is 11.7 Å². The minimum absolute atomic E-state index is 0.0148. The van der Waals surface area contributed by atoms with Gasteiger partial charge in [-0.15, -0.1) is 0 Å². The Kier molecular flexibility index (Phi) is 4.85. The highest BCUT2D eigenvalue weighted by Gasteiger charge is 2.35. The van der Waals surface area contributed by atoms with Gasteiger partial charge in [0, 0.05) is 29.7 Å². The fraction of sp³-hybridized carbons (Fsp3) is 0.278. The molecule has 2 aromatic heterocycles. The van der Waals surface area contributed by atoms with Gasteiger partial charge in [-0.1, -0.05) is 33.2 Å². The van der Waals surface area contributed by atoms with Crippen molar-refractivity contribution in [1.29, 1.82) is 0 Å². The monoisotopic (exact) mass is 429 g/mol. The number of halogens is 1. The Morgan fingerprint density at radius 3 is 2.89 bits per heavy atom. The largest absolute Gasteiger partial charge is 0.339 e. The molecule has 3 heterocycles. The lowest BCUT2D eigenvalue weighted by Gasteiger charge is -2.22. The topological polar surface area (TPSA) is 98.2 Å². The zero-order valence-corrected chi connectivity index (χ0v) is 15.9. The molecule has 0 N–H and O–H groups in total. The lowest BCUT2D eigenvalue weighted by atomic mass is 10.1. The molecule has 8 nitrogen and oxygen atoms in total. The van der Waals surface area contributed by atoms with Gasteiger partial charge in [-0.25, -0.2) is 4.98 Å². The lowest BCUT2D eigenvalue weighted by Crippen LogP contribution is -2.24. The number of hydrogen-bond acceptors (Lipinski definition) is 7. The van der Waals surface area contributed by atoms with Gasteiger partial charge in [-0.05, 0) is 36.6 Å². The van der Waals surface area contributed by atoms with Crippen molar-refractivity contribution in [1.82, 2.24) is 15.1 Å². The molecule has 0 spiro atoms. The van der Waals surface area contributed by atoms with Crippen molar-refractivity contribution >= 4 is 27.4 Å². The molecule has 0 radical (unpaired) electrons. The standard InChI is InChI=1S/C18H16BrN5O3/c19-13-7-5-12(6-8-13)11-16-21-18(27-22-16)15-4-2-10-23(15)17-14(24(25)26)3-1-9-20-17/h1,3,5-9,15H,2,4,10-11H2/t15-/m1/s1. The molecule has 1 saturated heterocycles. The van der Waals surface area contributed by atoms with E-state index in [0.717, 1.165) is 22.9 Å². The van der Waals surface area contributed by atoms with Crippen LogP contribution >= 0.6 is 15.9 Å². The van der Waals surface area contributed by atoms with Gasteiger partial charge in [0.15, 0.2) is 5.82 Å². The van der Waals surface area contributed by atoms with Gasteiger partial charge in [0.1, 0.15) is 6.04 Å². The quantitative estimate of drug-likeness (QED) is 0.445. The molecule has 0 aliphatic carbocycles. The van der Waals surface area contributed by atoms with Crippen LogP contribution in [0.15, 0.2) is 51.6 Å². The highest BCUT2D eigenvalue weighted by atomic mass is 79.9. The Bertz CT molecular complexity index is 960. The second-order valence-electron chi connectivity index (χ2n) is 6.31. The van der Waals surface area contributed by atoms with Crippen LogP contribution in [-0.2, 0) is 6.42 Å². The number of nitrogens with zero attached hydrogens (tertiary/aromatic N) is 5.